The van der Waals surface area contributed by atoms with E-state index in [1.165, 1.54) is 25.5 Å². The molecule has 1 atom stereocenters. The SMILES string of the molecule is CNS(=O)(=O)Cn1cc(C[C@@H]2CCCN2C)c2ccccc21. The minimum atomic E-state index is -3.29. The van der Waals surface area contributed by atoms with Gasteiger partial charge in [-0.05, 0) is 51.5 Å². The van der Waals surface area contributed by atoms with Gasteiger partial charge in [0, 0.05) is 23.1 Å². The molecule has 0 amide bonds. The van der Waals surface area contributed by atoms with Crippen LogP contribution in [0.1, 0.15) is 18.4 Å². The topological polar surface area (TPSA) is 54.3 Å². The van der Waals surface area contributed by atoms with Gasteiger partial charge in [-0.3, -0.25) is 0 Å². The first-order valence-corrected chi connectivity index (χ1v) is 9.33. The van der Waals surface area contributed by atoms with Crippen molar-refractivity contribution in [2.75, 3.05) is 20.6 Å². The Labute approximate surface area is 132 Å². The van der Waals surface area contributed by atoms with Gasteiger partial charge in [0.15, 0.2) is 0 Å². The van der Waals surface area contributed by atoms with E-state index < -0.39 is 10.0 Å². The molecule has 0 bridgehead atoms. The number of likely N-dealkylation sites (tertiary alicyclic amines) is 1. The lowest BCUT2D eigenvalue weighted by molar-refractivity contribution is 0.309. The van der Waals surface area contributed by atoms with E-state index in [1.54, 1.807) is 0 Å². The summed E-state index contributed by atoms with van der Waals surface area (Å²) in [6.07, 6.45) is 5.44. The maximum atomic E-state index is 11.9. The number of sulfonamides is 1. The summed E-state index contributed by atoms with van der Waals surface area (Å²) in [5.74, 6) is -0.0372. The summed E-state index contributed by atoms with van der Waals surface area (Å²) in [6, 6.07) is 8.60. The number of hydrogen-bond donors (Lipinski definition) is 1. The molecule has 1 saturated heterocycles. The summed E-state index contributed by atoms with van der Waals surface area (Å²) in [5.41, 5.74) is 2.22. The van der Waals surface area contributed by atoms with Crippen LogP contribution in [0.3, 0.4) is 0 Å². The second kappa shape index (κ2) is 6.02. The maximum absolute atomic E-state index is 11.9. The number of nitrogens with one attached hydrogen (secondary N) is 1. The van der Waals surface area contributed by atoms with Crippen molar-refractivity contribution in [1.82, 2.24) is 14.2 Å². The average molecular weight is 321 g/mol. The molecule has 120 valence electrons. The summed E-state index contributed by atoms with van der Waals surface area (Å²) in [4.78, 5) is 2.40. The fraction of sp³-hybridized carbons (Fsp3) is 0.500. The Morgan fingerprint density at radius 3 is 2.77 bits per heavy atom. The van der Waals surface area contributed by atoms with Crippen LogP contribution in [0.15, 0.2) is 30.5 Å². The Morgan fingerprint density at radius 1 is 1.32 bits per heavy atom. The van der Waals surface area contributed by atoms with Gasteiger partial charge in [0.25, 0.3) is 0 Å². The molecule has 3 rings (SSSR count). The molecule has 0 spiro atoms. The van der Waals surface area contributed by atoms with Crippen molar-refractivity contribution in [3.8, 4) is 0 Å². The van der Waals surface area contributed by atoms with Crippen molar-refractivity contribution in [2.24, 2.45) is 0 Å². The number of likely N-dealkylation sites (N-methyl/N-ethyl adjacent to an activating group) is 1. The van der Waals surface area contributed by atoms with Gasteiger partial charge in [0.2, 0.25) is 10.0 Å². The molecule has 1 aromatic heterocycles. The third kappa shape index (κ3) is 3.04. The molecule has 1 N–H and O–H groups in total. The summed E-state index contributed by atoms with van der Waals surface area (Å²) in [7, 11) is 0.337. The van der Waals surface area contributed by atoms with E-state index in [4.69, 9.17) is 0 Å². The van der Waals surface area contributed by atoms with Crippen molar-refractivity contribution in [3.63, 3.8) is 0 Å². The number of nitrogens with zero attached hydrogens (tertiary/aromatic N) is 2. The Bertz CT molecular complexity index is 767. The van der Waals surface area contributed by atoms with Crippen LogP contribution < -0.4 is 4.72 Å². The highest BCUT2D eigenvalue weighted by Crippen LogP contribution is 2.26. The van der Waals surface area contributed by atoms with Crippen molar-refractivity contribution in [3.05, 3.63) is 36.0 Å². The van der Waals surface area contributed by atoms with Crippen LogP contribution in [0.2, 0.25) is 0 Å². The zero-order chi connectivity index (χ0) is 15.7. The second-order valence-electron chi connectivity index (χ2n) is 6.07. The number of hydrogen-bond acceptors (Lipinski definition) is 3. The van der Waals surface area contributed by atoms with Crippen molar-refractivity contribution < 1.29 is 8.42 Å². The highest BCUT2D eigenvalue weighted by Gasteiger charge is 2.23. The minimum Gasteiger partial charge on any atom is -0.331 e. The van der Waals surface area contributed by atoms with E-state index in [0.717, 1.165) is 23.9 Å². The normalized spacial score (nSPS) is 20.0. The number of aromatic nitrogens is 1. The van der Waals surface area contributed by atoms with Gasteiger partial charge in [0.05, 0.1) is 0 Å². The fourth-order valence-electron chi connectivity index (χ4n) is 3.33. The molecule has 0 saturated carbocycles. The lowest BCUT2D eigenvalue weighted by Gasteiger charge is -2.18. The van der Waals surface area contributed by atoms with Crippen LogP contribution in [0, 0.1) is 0 Å². The summed E-state index contributed by atoms with van der Waals surface area (Å²) in [6.45, 7) is 1.15. The van der Waals surface area contributed by atoms with Gasteiger partial charge in [-0.2, -0.15) is 0 Å². The molecular weight excluding hydrogens is 298 g/mol. The van der Waals surface area contributed by atoms with Crippen LogP contribution in [-0.2, 0) is 22.3 Å². The van der Waals surface area contributed by atoms with Gasteiger partial charge in [-0.15, -0.1) is 0 Å². The third-order valence-corrected chi connectivity index (χ3v) is 5.86. The third-order valence-electron chi connectivity index (χ3n) is 4.62. The largest absolute Gasteiger partial charge is 0.331 e. The van der Waals surface area contributed by atoms with E-state index in [0.29, 0.717) is 6.04 Å². The van der Waals surface area contributed by atoms with Crippen molar-refractivity contribution in [1.29, 1.82) is 0 Å². The highest BCUT2D eigenvalue weighted by atomic mass is 32.2. The Balaban J connectivity index is 1.97. The quantitative estimate of drug-likeness (QED) is 0.913. The summed E-state index contributed by atoms with van der Waals surface area (Å²) < 4.78 is 28.0. The first-order valence-electron chi connectivity index (χ1n) is 7.68. The molecule has 1 fully saturated rings. The lowest BCUT2D eigenvalue weighted by atomic mass is 10.0. The standard InChI is InChI=1S/C16H23N3O2S/c1-17-22(20,21)12-19-11-13(10-14-6-5-9-18(14)2)15-7-3-4-8-16(15)19/h3-4,7-8,11,14,17H,5-6,9-10,12H2,1-2H3/t14-/m0/s1. The first kappa shape index (κ1) is 15.5. The average Bonchev–Trinajstić information content (AvgIpc) is 3.05. The Morgan fingerprint density at radius 2 is 2.09 bits per heavy atom. The lowest BCUT2D eigenvalue weighted by Crippen LogP contribution is -2.26. The molecule has 6 heteroatoms. The van der Waals surface area contributed by atoms with Crippen LogP contribution in [0.5, 0.6) is 0 Å². The zero-order valence-corrected chi connectivity index (χ0v) is 13.9. The Hall–Kier alpha value is -1.37. The van der Waals surface area contributed by atoms with Gasteiger partial charge in [-0.25, -0.2) is 13.1 Å². The Kier molecular flexibility index (Phi) is 4.25. The van der Waals surface area contributed by atoms with E-state index >= 15 is 0 Å². The predicted molar refractivity (Wildman–Crippen MR) is 89.3 cm³/mol. The van der Waals surface area contributed by atoms with Crippen LogP contribution >= 0.6 is 0 Å². The molecule has 2 heterocycles. The van der Waals surface area contributed by atoms with Crippen LogP contribution in [0.4, 0.5) is 0 Å². The van der Waals surface area contributed by atoms with E-state index in [9.17, 15) is 8.42 Å². The summed E-state index contributed by atoms with van der Waals surface area (Å²) >= 11 is 0. The molecule has 22 heavy (non-hydrogen) atoms. The molecule has 5 nitrogen and oxygen atoms in total. The monoisotopic (exact) mass is 321 g/mol. The molecule has 1 aliphatic rings. The van der Waals surface area contributed by atoms with E-state index in [2.05, 4.69) is 22.7 Å². The number of fused-ring (bicyclic) bond motifs is 1. The number of benzene rings is 1. The van der Waals surface area contributed by atoms with E-state index in [-0.39, 0.29) is 5.88 Å². The molecule has 0 aliphatic carbocycles. The zero-order valence-electron chi connectivity index (χ0n) is 13.1. The second-order valence-corrected chi connectivity index (χ2v) is 7.97. The number of rotatable bonds is 5. The number of para-hydroxylation sites is 1. The van der Waals surface area contributed by atoms with Crippen molar-refractivity contribution >= 4 is 20.9 Å². The maximum Gasteiger partial charge on any atom is 0.229 e. The molecule has 2 aromatic rings. The van der Waals surface area contributed by atoms with Gasteiger partial charge < -0.3 is 9.47 Å². The first-order chi connectivity index (χ1) is 10.5. The molecule has 0 radical (unpaired) electrons. The molecule has 1 aliphatic heterocycles. The highest BCUT2D eigenvalue weighted by molar-refractivity contribution is 7.88. The van der Waals surface area contributed by atoms with Gasteiger partial charge >= 0.3 is 0 Å². The van der Waals surface area contributed by atoms with Gasteiger partial charge in [-0.1, -0.05) is 18.2 Å². The summed E-state index contributed by atoms with van der Waals surface area (Å²) in [5, 5.41) is 1.16. The van der Waals surface area contributed by atoms with Crippen LogP contribution in [0.25, 0.3) is 10.9 Å². The van der Waals surface area contributed by atoms with Crippen molar-refractivity contribution in [2.45, 2.75) is 31.2 Å². The fourth-order valence-corrected chi connectivity index (χ4v) is 4.04. The minimum absolute atomic E-state index is 0.0372. The predicted octanol–water partition coefficient (Wildman–Crippen LogP) is 1.78. The molecular formula is C16H23N3O2S. The molecule has 0 unspecified atom stereocenters. The molecule has 1 aromatic carbocycles. The van der Waals surface area contributed by atoms with E-state index in [1.807, 2.05) is 29.0 Å². The van der Waals surface area contributed by atoms with Gasteiger partial charge in [0.1, 0.15) is 5.88 Å². The van der Waals surface area contributed by atoms with Crippen LogP contribution in [-0.4, -0.2) is 44.6 Å². The smallest absolute Gasteiger partial charge is 0.229 e.